The van der Waals surface area contributed by atoms with Gasteiger partial charge in [0.2, 0.25) is 0 Å². The Morgan fingerprint density at radius 3 is 2.83 bits per heavy atom. The van der Waals surface area contributed by atoms with Crippen LogP contribution in [0.2, 0.25) is 0 Å². The lowest BCUT2D eigenvalue weighted by Gasteiger charge is -2.15. The van der Waals surface area contributed by atoms with E-state index in [9.17, 15) is 9.18 Å². The smallest absolute Gasteiger partial charge is 0.253 e. The molecule has 18 heavy (non-hydrogen) atoms. The summed E-state index contributed by atoms with van der Waals surface area (Å²) in [6.07, 6.45) is 0. The van der Waals surface area contributed by atoms with Crippen LogP contribution in [0.15, 0.2) is 18.2 Å². The maximum absolute atomic E-state index is 13.6. The van der Waals surface area contributed by atoms with E-state index in [4.69, 9.17) is 10.8 Å². The molecular formula is C13H15FN2O2. The van der Waals surface area contributed by atoms with E-state index in [1.807, 2.05) is 0 Å². The van der Waals surface area contributed by atoms with Gasteiger partial charge in [0, 0.05) is 19.2 Å². The molecule has 96 valence electrons. The Bertz CT molecular complexity index is 491. The fraction of sp³-hybridized carbons (Fsp3) is 0.308. The number of aliphatic hydroxyl groups is 1. The molecule has 4 nitrogen and oxygen atoms in total. The molecule has 0 aliphatic heterocycles. The molecule has 0 spiro atoms. The van der Waals surface area contributed by atoms with Crippen LogP contribution in [0.25, 0.3) is 0 Å². The highest BCUT2D eigenvalue weighted by Gasteiger charge is 2.12. The van der Waals surface area contributed by atoms with Crippen LogP contribution in [0, 0.1) is 17.7 Å². The van der Waals surface area contributed by atoms with Crippen LogP contribution >= 0.6 is 0 Å². The fourth-order valence-corrected chi connectivity index (χ4v) is 1.37. The first-order chi connectivity index (χ1) is 8.60. The quantitative estimate of drug-likeness (QED) is 0.753. The average Bonchev–Trinajstić information content (AvgIpc) is 2.36. The van der Waals surface area contributed by atoms with Gasteiger partial charge in [0.05, 0.1) is 18.7 Å². The van der Waals surface area contributed by atoms with Crippen LogP contribution in [-0.4, -0.2) is 42.7 Å². The first kappa shape index (κ1) is 14.2. The summed E-state index contributed by atoms with van der Waals surface area (Å²) in [4.78, 5) is 13.1. The summed E-state index contributed by atoms with van der Waals surface area (Å²) >= 11 is 0. The van der Waals surface area contributed by atoms with E-state index in [1.54, 1.807) is 7.05 Å². The topological polar surface area (TPSA) is 66.6 Å². The molecule has 1 rings (SSSR count). The molecule has 0 aromatic heterocycles. The number of halogens is 1. The first-order valence-electron chi connectivity index (χ1n) is 5.45. The van der Waals surface area contributed by atoms with Crippen molar-refractivity contribution in [3.8, 4) is 11.8 Å². The molecule has 0 fully saturated rings. The van der Waals surface area contributed by atoms with E-state index >= 15 is 0 Å². The number of nitrogens with two attached hydrogens (primary N) is 1. The van der Waals surface area contributed by atoms with Crippen molar-refractivity contribution in [2.45, 2.75) is 0 Å². The zero-order valence-electron chi connectivity index (χ0n) is 10.1. The summed E-state index contributed by atoms with van der Waals surface area (Å²) in [6, 6.07) is 4.08. The standard InChI is InChI=1S/C13H15FN2O2/c1-16(7-8-17)13(18)11-5-4-10(3-2-6-15)12(14)9-11/h4-5,9,17H,6-8,15H2,1H3. The SMILES string of the molecule is CN(CCO)C(=O)c1ccc(C#CCN)c(F)c1. The Morgan fingerprint density at radius 1 is 1.56 bits per heavy atom. The van der Waals surface area contributed by atoms with Crippen LogP contribution in [0.4, 0.5) is 4.39 Å². The predicted molar refractivity (Wildman–Crippen MR) is 66.4 cm³/mol. The molecule has 0 saturated carbocycles. The minimum atomic E-state index is -0.556. The van der Waals surface area contributed by atoms with Gasteiger partial charge < -0.3 is 15.7 Å². The highest BCUT2D eigenvalue weighted by Crippen LogP contribution is 2.11. The number of nitrogens with zero attached hydrogens (tertiary/aromatic N) is 1. The van der Waals surface area contributed by atoms with Crippen LogP contribution < -0.4 is 5.73 Å². The first-order valence-corrected chi connectivity index (χ1v) is 5.45. The third-order valence-corrected chi connectivity index (χ3v) is 2.32. The van der Waals surface area contributed by atoms with E-state index in [0.29, 0.717) is 0 Å². The zero-order chi connectivity index (χ0) is 13.5. The van der Waals surface area contributed by atoms with Crippen molar-refractivity contribution in [3.63, 3.8) is 0 Å². The third-order valence-electron chi connectivity index (χ3n) is 2.32. The largest absolute Gasteiger partial charge is 0.395 e. The van der Waals surface area contributed by atoms with E-state index in [-0.39, 0.29) is 36.7 Å². The Kier molecular flexibility index (Phi) is 5.31. The number of benzene rings is 1. The Labute approximate surface area is 105 Å². The van der Waals surface area contributed by atoms with Gasteiger partial charge >= 0.3 is 0 Å². The second kappa shape index (κ2) is 6.74. The number of hydrogen-bond donors (Lipinski definition) is 2. The van der Waals surface area contributed by atoms with E-state index in [0.717, 1.165) is 6.07 Å². The number of amides is 1. The van der Waals surface area contributed by atoms with Crippen molar-refractivity contribution in [2.24, 2.45) is 5.73 Å². The number of hydrogen-bond acceptors (Lipinski definition) is 3. The summed E-state index contributed by atoms with van der Waals surface area (Å²) in [7, 11) is 1.54. The monoisotopic (exact) mass is 250 g/mol. The Balaban J connectivity index is 2.93. The van der Waals surface area contributed by atoms with Gasteiger partial charge in [-0.2, -0.15) is 0 Å². The summed E-state index contributed by atoms with van der Waals surface area (Å²) < 4.78 is 13.6. The summed E-state index contributed by atoms with van der Waals surface area (Å²) in [6.45, 7) is 0.222. The van der Waals surface area contributed by atoms with Crippen molar-refractivity contribution >= 4 is 5.91 Å². The molecule has 0 bridgehead atoms. The molecule has 3 N–H and O–H groups in total. The third kappa shape index (κ3) is 3.55. The number of likely N-dealkylation sites (N-methyl/N-ethyl adjacent to an activating group) is 1. The highest BCUT2D eigenvalue weighted by atomic mass is 19.1. The van der Waals surface area contributed by atoms with Crippen LogP contribution in [0.3, 0.4) is 0 Å². The van der Waals surface area contributed by atoms with Crippen molar-refractivity contribution < 1.29 is 14.3 Å². The van der Waals surface area contributed by atoms with E-state index in [2.05, 4.69) is 11.8 Å². The minimum absolute atomic E-state index is 0.134. The molecule has 0 aliphatic rings. The van der Waals surface area contributed by atoms with Crippen molar-refractivity contribution in [2.75, 3.05) is 26.7 Å². The van der Waals surface area contributed by atoms with Crippen LogP contribution in [-0.2, 0) is 0 Å². The fourth-order valence-electron chi connectivity index (χ4n) is 1.37. The molecule has 0 unspecified atom stereocenters. The summed E-state index contributed by atoms with van der Waals surface area (Å²) in [5.74, 6) is 4.22. The van der Waals surface area contributed by atoms with Gasteiger partial charge in [-0.3, -0.25) is 4.79 Å². The van der Waals surface area contributed by atoms with Gasteiger partial charge in [-0.25, -0.2) is 4.39 Å². The molecule has 0 radical (unpaired) electrons. The second-order valence-corrected chi connectivity index (χ2v) is 3.65. The minimum Gasteiger partial charge on any atom is -0.395 e. The van der Waals surface area contributed by atoms with Crippen molar-refractivity contribution in [1.29, 1.82) is 0 Å². The molecule has 0 atom stereocenters. The molecular weight excluding hydrogens is 235 g/mol. The molecule has 1 aromatic carbocycles. The molecule has 5 heteroatoms. The van der Waals surface area contributed by atoms with E-state index < -0.39 is 5.82 Å². The normalized spacial score (nSPS) is 9.56. The molecule has 0 aliphatic carbocycles. The Morgan fingerprint density at radius 2 is 2.28 bits per heavy atom. The molecule has 0 saturated heterocycles. The average molecular weight is 250 g/mol. The van der Waals surface area contributed by atoms with Crippen molar-refractivity contribution in [1.82, 2.24) is 4.90 Å². The van der Waals surface area contributed by atoms with Gasteiger partial charge in [-0.15, -0.1) is 0 Å². The maximum atomic E-state index is 13.6. The summed E-state index contributed by atoms with van der Waals surface area (Å²) in [5, 5.41) is 8.73. The number of aliphatic hydroxyl groups excluding tert-OH is 1. The lowest BCUT2D eigenvalue weighted by Crippen LogP contribution is -2.29. The number of rotatable bonds is 3. The van der Waals surface area contributed by atoms with Gasteiger partial charge in [0.15, 0.2) is 0 Å². The zero-order valence-corrected chi connectivity index (χ0v) is 10.1. The number of carbonyl (C=O) groups excluding carboxylic acids is 1. The van der Waals surface area contributed by atoms with Gasteiger partial charge in [0.25, 0.3) is 5.91 Å². The lowest BCUT2D eigenvalue weighted by molar-refractivity contribution is 0.0766. The van der Waals surface area contributed by atoms with E-state index in [1.165, 1.54) is 17.0 Å². The molecule has 0 heterocycles. The van der Waals surface area contributed by atoms with Crippen molar-refractivity contribution in [3.05, 3.63) is 35.1 Å². The number of carbonyl (C=O) groups is 1. The molecule has 1 amide bonds. The Hall–Kier alpha value is -1.90. The van der Waals surface area contributed by atoms with Crippen LogP contribution in [0.5, 0.6) is 0 Å². The summed E-state index contributed by atoms with van der Waals surface area (Å²) in [5.41, 5.74) is 5.63. The molecule has 1 aromatic rings. The van der Waals surface area contributed by atoms with Gasteiger partial charge in [-0.1, -0.05) is 11.8 Å². The second-order valence-electron chi connectivity index (χ2n) is 3.65. The van der Waals surface area contributed by atoms with Gasteiger partial charge in [-0.05, 0) is 18.2 Å². The van der Waals surface area contributed by atoms with Gasteiger partial charge in [0.1, 0.15) is 5.82 Å². The maximum Gasteiger partial charge on any atom is 0.253 e. The highest BCUT2D eigenvalue weighted by molar-refractivity contribution is 5.94. The predicted octanol–water partition coefficient (Wildman–Crippen LogP) is 0.200. The van der Waals surface area contributed by atoms with Crippen LogP contribution in [0.1, 0.15) is 15.9 Å². The lowest BCUT2D eigenvalue weighted by atomic mass is 10.1.